The van der Waals surface area contributed by atoms with Gasteiger partial charge in [-0.15, -0.1) is 0 Å². The molecule has 0 aromatic heterocycles. The normalized spacial score (nSPS) is 34.2. The van der Waals surface area contributed by atoms with Crippen molar-refractivity contribution in [3.8, 4) is 0 Å². The fourth-order valence-electron chi connectivity index (χ4n) is 1.88. The zero-order valence-corrected chi connectivity index (χ0v) is 8.11. The van der Waals surface area contributed by atoms with Crippen molar-refractivity contribution in [3.63, 3.8) is 0 Å². The predicted octanol–water partition coefficient (Wildman–Crippen LogP) is 1.32. The number of aliphatic hydroxyl groups excluding tert-OH is 1. The van der Waals surface area contributed by atoms with E-state index in [4.69, 9.17) is 14.6 Å². The lowest BCUT2D eigenvalue weighted by Crippen LogP contribution is -2.37. The van der Waals surface area contributed by atoms with E-state index in [0.717, 1.165) is 19.3 Å². The molecule has 0 aromatic rings. The van der Waals surface area contributed by atoms with Crippen molar-refractivity contribution in [1.82, 2.24) is 0 Å². The third kappa shape index (κ3) is 2.71. The highest BCUT2D eigenvalue weighted by Crippen LogP contribution is 2.28. The molecule has 76 valence electrons. The molecule has 3 unspecified atom stereocenters. The van der Waals surface area contributed by atoms with E-state index in [2.05, 4.69) is 6.58 Å². The lowest BCUT2D eigenvalue weighted by atomic mass is 9.86. The minimum Gasteiger partial charge on any atom is -0.496 e. The van der Waals surface area contributed by atoms with Crippen LogP contribution in [-0.2, 0) is 9.47 Å². The van der Waals surface area contributed by atoms with Crippen molar-refractivity contribution in [2.45, 2.75) is 31.5 Å². The van der Waals surface area contributed by atoms with Gasteiger partial charge in [0.05, 0.1) is 12.4 Å². The first kappa shape index (κ1) is 10.5. The molecule has 3 heteroatoms. The summed E-state index contributed by atoms with van der Waals surface area (Å²) in [6, 6.07) is 0. The van der Waals surface area contributed by atoms with Crippen LogP contribution >= 0.6 is 0 Å². The summed E-state index contributed by atoms with van der Waals surface area (Å²) in [5, 5.41) is 9.00. The van der Waals surface area contributed by atoms with Crippen molar-refractivity contribution < 1.29 is 14.6 Å². The molecule has 0 radical (unpaired) electrons. The number of hydrogen-bond donors (Lipinski definition) is 1. The van der Waals surface area contributed by atoms with Crippen LogP contribution in [0.3, 0.4) is 0 Å². The molecule has 0 aromatic carbocycles. The molecule has 0 spiro atoms. The number of aliphatic hydroxyl groups is 1. The molecule has 1 saturated carbocycles. The summed E-state index contributed by atoms with van der Waals surface area (Å²) in [5.41, 5.74) is 0. The standard InChI is InChI=1S/C10H18O3/c1-3-13-9-5-4-8(7-11)6-10(9)12-2/h3,8-11H,1,4-7H2,2H3. The van der Waals surface area contributed by atoms with E-state index >= 15 is 0 Å². The van der Waals surface area contributed by atoms with Crippen LogP contribution in [0.15, 0.2) is 12.8 Å². The Balaban J connectivity index is 2.44. The van der Waals surface area contributed by atoms with Crippen LogP contribution in [0.4, 0.5) is 0 Å². The predicted molar refractivity (Wildman–Crippen MR) is 50.3 cm³/mol. The van der Waals surface area contributed by atoms with Gasteiger partial charge < -0.3 is 14.6 Å². The van der Waals surface area contributed by atoms with Gasteiger partial charge >= 0.3 is 0 Å². The van der Waals surface area contributed by atoms with E-state index in [1.165, 1.54) is 6.26 Å². The molecular weight excluding hydrogens is 168 g/mol. The number of rotatable bonds is 4. The zero-order chi connectivity index (χ0) is 9.68. The molecule has 1 fully saturated rings. The fraction of sp³-hybridized carbons (Fsp3) is 0.800. The maximum absolute atomic E-state index is 9.00. The summed E-state index contributed by atoms with van der Waals surface area (Å²) in [7, 11) is 1.68. The summed E-state index contributed by atoms with van der Waals surface area (Å²) < 4.78 is 10.6. The van der Waals surface area contributed by atoms with Gasteiger partial charge in [-0.2, -0.15) is 0 Å². The van der Waals surface area contributed by atoms with Gasteiger partial charge in [-0.25, -0.2) is 0 Å². The molecule has 0 aliphatic heterocycles. The van der Waals surface area contributed by atoms with Gasteiger partial charge in [0.1, 0.15) is 6.10 Å². The van der Waals surface area contributed by atoms with E-state index in [0.29, 0.717) is 5.92 Å². The SMILES string of the molecule is C=COC1CCC(CO)CC1OC. The third-order valence-electron chi connectivity index (χ3n) is 2.67. The first-order valence-electron chi connectivity index (χ1n) is 4.71. The minimum atomic E-state index is 0.101. The molecule has 1 rings (SSSR count). The summed E-state index contributed by atoms with van der Waals surface area (Å²) >= 11 is 0. The van der Waals surface area contributed by atoms with Crippen LogP contribution in [0.1, 0.15) is 19.3 Å². The van der Waals surface area contributed by atoms with Crippen LogP contribution < -0.4 is 0 Å². The van der Waals surface area contributed by atoms with Gasteiger partial charge in [0, 0.05) is 13.7 Å². The van der Waals surface area contributed by atoms with Crippen LogP contribution in [0.25, 0.3) is 0 Å². The molecule has 1 aliphatic carbocycles. The fourth-order valence-corrected chi connectivity index (χ4v) is 1.88. The van der Waals surface area contributed by atoms with Gasteiger partial charge in [0.25, 0.3) is 0 Å². The Morgan fingerprint density at radius 3 is 2.77 bits per heavy atom. The van der Waals surface area contributed by atoms with E-state index in [-0.39, 0.29) is 18.8 Å². The molecule has 0 heterocycles. The Hall–Kier alpha value is -0.540. The van der Waals surface area contributed by atoms with Crippen LogP contribution in [-0.4, -0.2) is 31.0 Å². The zero-order valence-electron chi connectivity index (χ0n) is 8.11. The Morgan fingerprint density at radius 1 is 1.46 bits per heavy atom. The lowest BCUT2D eigenvalue weighted by molar-refractivity contribution is -0.0621. The molecule has 0 bridgehead atoms. The molecule has 1 N–H and O–H groups in total. The molecule has 13 heavy (non-hydrogen) atoms. The Morgan fingerprint density at radius 2 is 2.23 bits per heavy atom. The summed E-state index contributed by atoms with van der Waals surface area (Å²) in [5.74, 6) is 0.370. The van der Waals surface area contributed by atoms with Gasteiger partial charge in [-0.05, 0) is 25.2 Å². The maximum atomic E-state index is 9.00. The molecule has 0 amide bonds. The molecular formula is C10H18O3. The van der Waals surface area contributed by atoms with E-state index in [1.807, 2.05) is 0 Å². The average molecular weight is 186 g/mol. The topological polar surface area (TPSA) is 38.7 Å². The van der Waals surface area contributed by atoms with Crippen LogP contribution in [0, 0.1) is 5.92 Å². The highest BCUT2D eigenvalue weighted by molar-refractivity contribution is 4.82. The summed E-state index contributed by atoms with van der Waals surface area (Å²) in [6.45, 7) is 3.79. The van der Waals surface area contributed by atoms with Crippen molar-refractivity contribution in [2.24, 2.45) is 5.92 Å². The molecule has 3 atom stereocenters. The first-order valence-corrected chi connectivity index (χ1v) is 4.71. The minimum absolute atomic E-state index is 0.101. The quantitative estimate of drug-likeness (QED) is 0.673. The van der Waals surface area contributed by atoms with Crippen molar-refractivity contribution in [1.29, 1.82) is 0 Å². The first-order chi connectivity index (χ1) is 6.31. The maximum Gasteiger partial charge on any atom is 0.124 e. The highest BCUT2D eigenvalue weighted by atomic mass is 16.5. The molecule has 3 nitrogen and oxygen atoms in total. The average Bonchev–Trinajstić information content (AvgIpc) is 2.19. The van der Waals surface area contributed by atoms with Gasteiger partial charge in [0.2, 0.25) is 0 Å². The molecule has 1 aliphatic rings. The summed E-state index contributed by atoms with van der Waals surface area (Å²) in [6.07, 6.45) is 4.51. The Bertz CT molecular complexity index is 158. The van der Waals surface area contributed by atoms with E-state index in [1.54, 1.807) is 7.11 Å². The van der Waals surface area contributed by atoms with Crippen molar-refractivity contribution in [2.75, 3.05) is 13.7 Å². The number of hydrogen-bond acceptors (Lipinski definition) is 3. The summed E-state index contributed by atoms with van der Waals surface area (Å²) in [4.78, 5) is 0. The van der Waals surface area contributed by atoms with Crippen molar-refractivity contribution >= 4 is 0 Å². The largest absolute Gasteiger partial charge is 0.496 e. The third-order valence-corrected chi connectivity index (χ3v) is 2.67. The molecule has 0 saturated heterocycles. The van der Waals surface area contributed by atoms with Gasteiger partial charge in [-0.1, -0.05) is 6.58 Å². The van der Waals surface area contributed by atoms with Crippen LogP contribution in [0.2, 0.25) is 0 Å². The highest BCUT2D eigenvalue weighted by Gasteiger charge is 2.30. The second-order valence-electron chi connectivity index (χ2n) is 3.48. The lowest BCUT2D eigenvalue weighted by Gasteiger charge is -2.33. The van der Waals surface area contributed by atoms with Crippen molar-refractivity contribution in [3.05, 3.63) is 12.8 Å². The van der Waals surface area contributed by atoms with E-state index in [9.17, 15) is 0 Å². The van der Waals surface area contributed by atoms with Gasteiger partial charge in [0.15, 0.2) is 0 Å². The monoisotopic (exact) mass is 186 g/mol. The Kier molecular flexibility index (Phi) is 4.25. The number of methoxy groups -OCH3 is 1. The van der Waals surface area contributed by atoms with E-state index < -0.39 is 0 Å². The van der Waals surface area contributed by atoms with Gasteiger partial charge in [-0.3, -0.25) is 0 Å². The van der Waals surface area contributed by atoms with Crippen LogP contribution in [0.5, 0.6) is 0 Å². The second-order valence-corrected chi connectivity index (χ2v) is 3.48. The second kappa shape index (κ2) is 5.25. The smallest absolute Gasteiger partial charge is 0.124 e. The number of ether oxygens (including phenoxy) is 2. The Labute approximate surface area is 79.3 Å².